The first-order valence-corrected chi connectivity index (χ1v) is 9.25. The molecule has 1 unspecified atom stereocenters. The fourth-order valence-electron chi connectivity index (χ4n) is 3.73. The second-order valence-corrected chi connectivity index (χ2v) is 7.42. The second kappa shape index (κ2) is 7.69. The maximum atomic E-state index is 6.50. The number of hydrogen-bond acceptors (Lipinski definition) is 1. The summed E-state index contributed by atoms with van der Waals surface area (Å²) in [4.78, 5) is 1.64. The minimum atomic E-state index is -0.446. The van der Waals surface area contributed by atoms with E-state index in [0.29, 0.717) is 0 Å². The van der Waals surface area contributed by atoms with Gasteiger partial charge in [-0.15, -0.1) is 0 Å². The summed E-state index contributed by atoms with van der Waals surface area (Å²) in [6.07, 6.45) is 3.77. The van der Waals surface area contributed by atoms with Crippen molar-refractivity contribution in [2.24, 2.45) is 0 Å². The zero-order valence-electron chi connectivity index (χ0n) is 14.6. The molecule has 128 valence electrons. The summed E-state index contributed by atoms with van der Waals surface area (Å²) in [6, 6.07) is 19.2. The van der Waals surface area contributed by atoms with Gasteiger partial charge in [0.1, 0.15) is 5.60 Å². The van der Waals surface area contributed by atoms with Crippen LogP contribution in [0.2, 0.25) is 5.02 Å². The number of nitrogens with one attached hydrogen (secondary N) is 1. The predicted molar refractivity (Wildman–Crippen MR) is 99.7 cm³/mol. The quantitative estimate of drug-likeness (QED) is 0.843. The van der Waals surface area contributed by atoms with Crippen molar-refractivity contribution in [3.63, 3.8) is 0 Å². The summed E-state index contributed by atoms with van der Waals surface area (Å²) in [5.74, 6) is 0. The molecule has 0 radical (unpaired) electrons. The van der Waals surface area contributed by atoms with Crippen LogP contribution in [-0.2, 0) is 10.3 Å². The van der Waals surface area contributed by atoms with E-state index in [1.165, 1.54) is 24.9 Å². The lowest BCUT2D eigenvalue weighted by Crippen LogP contribution is -3.10. The summed E-state index contributed by atoms with van der Waals surface area (Å²) in [6.45, 7) is 4.23. The van der Waals surface area contributed by atoms with E-state index in [0.717, 1.165) is 29.7 Å². The molecule has 2 nitrogen and oxygen atoms in total. The predicted octanol–water partition coefficient (Wildman–Crippen LogP) is 3.69. The van der Waals surface area contributed by atoms with Crippen LogP contribution in [0.3, 0.4) is 0 Å². The molecular formula is C21H27ClNO+. The van der Waals surface area contributed by atoms with Crippen molar-refractivity contribution in [1.82, 2.24) is 0 Å². The zero-order chi connectivity index (χ0) is 17.0. The lowest BCUT2D eigenvalue weighted by molar-refractivity contribution is -0.892. The van der Waals surface area contributed by atoms with Crippen LogP contribution in [0, 0.1) is 0 Å². The number of halogens is 1. The van der Waals surface area contributed by atoms with E-state index in [1.54, 1.807) is 4.90 Å². The van der Waals surface area contributed by atoms with E-state index < -0.39 is 5.60 Å². The van der Waals surface area contributed by atoms with Crippen molar-refractivity contribution < 1.29 is 9.64 Å². The average Bonchev–Trinajstić information content (AvgIpc) is 3.01. The van der Waals surface area contributed by atoms with Gasteiger partial charge in [-0.2, -0.15) is 0 Å². The van der Waals surface area contributed by atoms with Crippen LogP contribution in [0.1, 0.15) is 37.3 Å². The SMILES string of the molecule is C[NH+]1CCC[C@H]1CCO[C@](C)(c1ccccc1)c1ccc(Cl)cc1. The summed E-state index contributed by atoms with van der Waals surface area (Å²) in [5, 5.41) is 0.755. The molecule has 24 heavy (non-hydrogen) atoms. The van der Waals surface area contributed by atoms with Gasteiger partial charge >= 0.3 is 0 Å². The number of likely N-dealkylation sites (tertiary alicyclic amines) is 1. The third-order valence-electron chi connectivity index (χ3n) is 5.40. The molecule has 0 amide bonds. The molecule has 1 heterocycles. The number of rotatable bonds is 6. The van der Waals surface area contributed by atoms with E-state index in [1.807, 2.05) is 18.2 Å². The summed E-state index contributed by atoms with van der Waals surface area (Å²) in [7, 11) is 2.30. The largest absolute Gasteiger partial charge is 0.366 e. The Bertz CT molecular complexity index is 643. The van der Waals surface area contributed by atoms with Gasteiger partial charge < -0.3 is 9.64 Å². The molecule has 1 N–H and O–H groups in total. The Labute approximate surface area is 150 Å². The number of quaternary nitrogens is 1. The Balaban J connectivity index is 1.78. The van der Waals surface area contributed by atoms with Crippen LogP contribution in [0.25, 0.3) is 0 Å². The third-order valence-corrected chi connectivity index (χ3v) is 5.65. The molecule has 0 aromatic heterocycles. The van der Waals surface area contributed by atoms with E-state index in [9.17, 15) is 0 Å². The minimum absolute atomic E-state index is 0.446. The highest BCUT2D eigenvalue weighted by Gasteiger charge is 2.31. The molecule has 1 aliphatic rings. The molecule has 0 aliphatic carbocycles. The lowest BCUT2D eigenvalue weighted by Gasteiger charge is -2.32. The summed E-state index contributed by atoms with van der Waals surface area (Å²) < 4.78 is 6.50. The first-order valence-electron chi connectivity index (χ1n) is 8.87. The maximum absolute atomic E-state index is 6.50. The molecular weight excluding hydrogens is 318 g/mol. The standard InChI is InChI=1S/C21H26ClNO/c1-21(17-7-4-3-5-8-17,18-10-12-19(22)13-11-18)24-16-14-20-9-6-15-23(20)2/h3-5,7-8,10-13,20H,6,9,14-16H2,1-2H3/p+1/t20-,21+/m0/s1. The van der Waals surface area contributed by atoms with E-state index in [-0.39, 0.29) is 0 Å². The Morgan fingerprint density at radius 2 is 1.75 bits per heavy atom. The average molecular weight is 345 g/mol. The van der Waals surface area contributed by atoms with E-state index in [2.05, 4.69) is 50.4 Å². The summed E-state index contributed by atoms with van der Waals surface area (Å²) >= 11 is 6.07. The van der Waals surface area contributed by atoms with Crippen LogP contribution in [0.5, 0.6) is 0 Å². The van der Waals surface area contributed by atoms with Crippen molar-refractivity contribution in [3.05, 3.63) is 70.7 Å². The van der Waals surface area contributed by atoms with Gasteiger partial charge in [0.25, 0.3) is 0 Å². The van der Waals surface area contributed by atoms with Gasteiger partial charge in [0.05, 0.1) is 26.2 Å². The molecule has 2 aromatic carbocycles. The molecule has 0 bridgehead atoms. The van der Waals surface area contributed by atoms with Crippen LogP contribution < -0.4 is 4.90 Å². The summed E-state index contributed by atoms with van der Waals surface area (Å²) in [5.41, 5.74) is 1.88. The Morgan fingerprint density at radius 3 is 2.38 bits per heavy atom. The van der Waals surface area contributed by atoms with Crippen molar-refractivity contribution in [1.29, 1.82) is 0 Å². The van der Waals surface area contributed by atoms with Gasteiger partial charge in [0, 0.05) is 24.3 Å². The second-order valence-electron chi connectivity index (χ2n) is 6.98. The van der Waals surface area contributed by atoms with Gasteiger partial charge in [-0.3, -0.25) is 0 Å². The van der Waals surface area contributed by atoms with Crippen LogP contribution in [-0.4, -0.2) is 26.2 Å². The van der Waals surface area contributed by atoms with Crippen molar-refractivity contribution in [3.8, 4) is 0 Å². The van der Waals surface area contributed by atoms with E-state index in [4.69, 9.17) is 16.3 Å². The molecule has 0 saturated carbocycles. The van der Waals surface area contributed by atoms with Crippen molar-refractivity contribution in [2.75, 3.05) is 20.2 Å². The molecule has 3 heteroatoms. The van der Waals surface area contributed by atoms with Crippen molar-refractivity contribution >= 4 is 11.6 Å². The third kappa shape index (κ3) is 3.83. The maximum Gasteiger partial charge on any atom is 0.115 e. The van der Waals surface area contributed by atoms with Gasteiger partial charge in [-0.25, -0.2) is 0 Å². The van der Waals surface area contributed by atoms with Crippen LogP contribution >= 0.6 is 11.6 Å². The molecule has 1 aliphatic heterocycles. The molecule has 1 saturated heterocycles. The highest BCUT2D eigenvalue weighted by molar-refractivity contribution is 6.30. The Hall–Kier alpha value is -1.35. The molecule has 3 rings (SSSR count). The fraction of sp³-hybridized carbons (Fsp3) is 0.429. The topological polar surface area (TPSA) is 13.7 Å². The molecule has 1 fully saturated rings. The van der Waals surface area contributed by atoms with Crippen LogP contribution in [0.15, 0.2) is 54.6 Å². The first-order chi connectivity index (χ1) is 11.6. The highest BCUT2D eigenvalue weighted by Crippen LogP contribution is 2.34. The van der Waals surface area contributed by atoms with Crippen molar-refractivity contribution in [2.45, 2.75) is 37.8 Å². The van der Waals surface area contributed by atoms with Gasteiger partial charge in [-0.1, -0.05) is 54.1 Å². The van der Waals surface area contributed by atoms with E-state index >= 15 is 0 Å². The highest BCUT2D eigenvalue weighted by atomic mass is 35.5. The fourth-order valence-corrected chi connectivity index (χ4v) is 3.86. The number of hydrogen-bond donors (Lipinski definition) is 1. The number of ether oxygens (including phenoxy) is 1. The normalized spacial score (nSPS) is 23.1. The Morgan fingerprint density at radius 1 is 1.08 bits per heavy atom. The monoisotopic (exact) mass is 344 g/mol. The van der Waals surface area contributed by atoms with Crippen LogP contribution in [0.4, 0.5) is 0 Å². The lowest BCUT2D eigenvalue weighted by atomic mass is 9.88. The van der Waals surface area contributed by atoms with Gasteiger partial charge in [-0.05, 0) is 30.2 Å². The Kier molecular flexibility index (Phi) is 5.60. The molecule has 2 aromatic rings. The van der Waals surface area contributed by atoms with Gasteiger partial charge in [0.15, 0.2) is 0 Å². The first kappa shape index (κ1) is 17.5. The number of benzene rings is 2. The molecule has 3 atom stereocenters. The zero-order valence-corrected chi connectivity index (χ0v) is 15.4. The smallest absolute Gasteiger partial charge is 0.115 e. The minimum Gasteiger partial charge on any atom is -0.366 e. The van der Waals surface area contributed by atoms with Gasteiger partial charge in [0.2, 0.25) is 0 Å². The molecule has 0 spiro atoms.